The Balaban J connectivity index is 1.38. The third-order valence-electron chi connectivity index (χ3n) is 8.30. The van der Waals surface area contributed by atoms with Crippen LogP contribution in [0.25, 0.3) is 10.9 Å². The third-order valence-corrected chi connectivity index (χ3v) is 8.59. The summed E-state index contributed by atoms with van der Waals surface area (Å²) < 4.78 is 57.6. The number of Topliss-reactive ketones (excluding diaryl/α,β-unsaturated/α-hetero) is 1. The van der Waals surface area contributed by atoms with Crippen LogP contribution in [0.4, 0.5) is 17.6 Å². The molecule has 1 N–H and O–H groups in total. The minimum atomic E-state index is -1.99. The van der Waals surface area contributed by atoms with Crippen LogP contribution < -0.4 is 5.32 Å². The molecule has 2 aliphatic rings. The second-order valence-corrected chi connectivity index (χ2v) is 12.1. The maximum Gasteiger partial charge on any atom is 0.271 e. The molecule has 0 bridgehead atoms. The van der Waals surface area contributed by atoms with Gasteiger partial charge >= 0.3 is 0 Å². The van der Waals surface area contributed by atoms with Crippen LogP contribution in [0.15, 0.2) is 54.2 Å². The summed E-state index contributed by atoms with van der Waals surface area (Å²) >= 11 is 5.80. The first-order valence-corrected chi connectivity index (χ1v) is 14.8. The zero-order chi connectivity index (χ0) is 32.6. The molecule has 2 fully saturated rings. The number of piperidine rings is 1. The van der Waals surface area contributed by atoms with Gasteiger partial charge in [-0.3, -0.25) is 19.2 Å². The van der Waals surface area contributed by atoms with E-state index in [9.17, 15) is 36.7 Å². The molecule has 0 saturated carbocycles. The molecule has 2 aromatic carbocycles. The van der Waals surface area contributed by atoms with E-state index in [0.29, 0.717) is 30.3 Å². The Bertz CT molecular complexity index is 1730. The predicted octanol–water partition coefficient (Wildman–Crippen LogP) is 5.67. The zero-order valence-electron chi connectivity index (χ0n) is 24.6. The van der Waals surface area contributed by atoms with E-state index in [2.05, 4.69) is 5.32 Å². The molecule has 0 spiro atoms. The molecule has 1 unspecified atom stereocenters. The molecule has 238 valence electrons. The molecule has 2 saturated heterocycles. The summed E-state index contributed by atoms with van der Waals surface area (Å²) in [6, 6.07) is 7.61. The number of nitrogens with one attached hydrogen (secondary N) is 1. The highest BCUT2D eigenvalue weighted by Crippen LogP contribution is 2.30. The van der Waals surface area contributed by atoms with Crippen LogP contribution in [0.3, 0.4) is 0 Å². The smallest absolute Gasteiger partial charge is 0.271 e. The molecule has 2 aliphatic heterocycles. The predicted molar refractivity (Wildman–Crippen MR) is 159 cm³/mol. The number of aromatic nitrogens is 1. The highest BCUT2D eigenvalue weighted by Gasteiger charge is 2.39. The minimum absolute atomic E-state index is 0.0481. The Morgan fingerprint density at radius 1 is 1.13 bits per heavy atom. The number of ketones is 1. The number of alkyl halides is 1. The van der Waals surface area contributed by atoms with Gasteiger partial charge in [-0.15, -0.1) is 0 Å². The lowest BCUT2D eigenvalue weighted by Crippen LogP contribution is -2.46. The maximum atomic E-state index is 14.6. The topological polar surface area (TPSA) is 91.7 Å². The molecule has 3 amide bonds. The van der Waals surface area contributed by atoms with Gasteiger partial charge in [0.05, 0.1) is 11.6 Å². The van der Waals surface area contributed by atoms with Crippen molar-refractivity contribution in [2.24, 2.45) is 0 Å². The van der Waals surface area contributed by atoms with Gasteiger partial charge in [-0.05, 0) is 51.0 Å². The van der Waals surface area contributed by atoms with Gasteiger partial charge in [0.25, 0.3) is 12.0 Å². The Kier molecular flexibility index (Phi) is 9.06. The van der Waals surface area contributed by atoms with E-state index in [4.69, 9.17) is 11.6 Å². The summed E-state index contributed by atoms with van der Waals surface area (Å²) in [5.74, 6) is -2.85. The number of nitrogens with zero attached hydrogens (tertiary/aromatic N) is 3. The number of carbonyl (C=O) groups excluding carboxylic acids is 4. The minimum Gasteiger partial charge on any atom is -0.350 e. The molecular weight excluding hydrogens is 616 g/mol. The molecule has 8 nitrogen and oxygen atoms in total. The largest absolute Gasteiger partial charge is 0.350 e. The molecule has 3 aromatic rings. The zero-order valence-corrected chi connectivity index (χ0v) is 25.4. The number of halogens is 5. The standard InChI is InChI=1S/C32H31ClF4N4O4/c1-18(42)23-15-40(25-8-7-19(11-22(23)25)31(45)39-10-4-9-32(2,37)17-39)16-27(43)41-14-21(29(35)36)12-26(41)30(44)38-13-20-5-3-6-24(33)28(20)34/h3,5-8,11,15,26H,4,9-10,12-14,16-17H2,1-2H3,(H,38,44)/t26-,32?/m0/s1. The van der Waals surface area contributed by atoms with Crippen molar-refractivity contribution in [3.8, 4) is 0 Å². The van der Waals surface area contributed by atoms with Gasteiger partial charge in [0.15, 0.2) is 5.78 Å². The fourth-order valence-corrected chi connectivity index (χ4v) is 6.16. The first-order chi connectivity index (χ1) is 21.3. The van der Waals surface area contributed by atoms with E-state index in [0.717, 1.165) is 4.90 Å². The van der Waals surface area contributed by atoms with Crippen molar-refractivity contribution >= 4 is 46.0 Å². The Morgan fingerprint density at radius 2 is 1.89 bits per heavy atom. The number of benzene rings is 2. The summed E-state index contributed by atoms with van der Waals surface area (Å²) in [7, 11) is 0. The quantitative estimate of drug-likeness (QED) is 0.265. The van der Waals surface area contributed by atoms with Crippen molar-refractivity contribution in [2.45, 2.75) is 57.9 Å². The van der Waals surface area contributed by atoms with Crippen molar-refractivity contribution < 1.29 is 36.7 Å². The fraction of sp³-hybridized carbons (Fsp3) is 0.375. The van der Waals surface area contributed by atoms with Crippen LogP contribution in [-0.2, 0) is 22.7 Å². The van der Waals surface area contributed by atoms with Crippen molar-refractivity contribution in [2.75, 3.05) is 19.6 Å². The van der Waals surface area contributed by atoms with E-state index < -0.39 is 54.9 Å². The first-order valence-electron chi connectivity index (χ1n) is 14.4. The van der Waals surface area contributed by atoms with Crippen LogP contribution in [0.5, 0.6) is 0 Å². The van der Waals surface area contributed by atoms with Crippen LogP contribution >= 0.6 is 11.6 Å². The molecule has 5 rings (SSSR count). The fourth-order valence-electron chi connectivity index (χ4n) is 5.97. The number of amides is 3. The van der Waals surface area contributed by atoms with E-state index in [1.165, 1.54) is 59.8 Å². The van der Waals surface area contributed by atoms with Gasteiger partial charge < -0.3 is 19.7 Å². The van der Waals surface area contributed by atoms with Gasteiger partial charge in [0.2, 0.25) is 11.8 Å². The van der Waals surface area contributed by atoms with Crippen molar-refractivity contribution in [1.29, 1.82) is 0 Å². The lowest BCUT2D eigenvalue weighted by Gasteiger charge is -2.35. The van der Waals surface area contributed by atoms with Crippen LogP contribution in [0, 0.1) is 5.82 Å². The van der Waals surface area contributed by atoms with E-state index in [-0.39, 0.29) is 52.1 Å². The molecule has 13 heteroatoms. The highest BCUT2D eigenvalue weighted by atomic mass is 35.5. The van der Waals surface area contributed by atoms with Crippen LogP contribution in [0.1, 0.15) is 59.4 Å². The van der Waals surface area contributed by atoms with Gasteiger partial charge in [-0.25, -0.2) is 8.78 Å². The van der Waals surface area contributed by atoms with Crippen molar-refractivity contribution in [1.82, 2.24) is 19.7 Å². The summed E-state index contributed by atoms with van der Waals surface area (Å²) in [4.78, 5) is 54.8. The Labute approximate surface area is 261 Å². The van der Waals surface area contributed by atoms with Gasteiger partial charge in [-0.1, -0.05) is 23.7 Å². The number of rotatable bonds is 7. The molecule has 0 aliphatic carbocycles. The van der Waals surface area contributed by atoms with Crippen molar-refractivity contribution in [3.05, 3.63) is 81.8 Å². The van der Waals surface area contributed by atoms with Crippen LogP contribution in [0.2, 0.25) is 5.02 Å². The Hall–Kier alpha value is -4.19. The second kappa shape index (κ2) is 12.7. The number of fused-ring (bicyclic) bond motifs is 1. The molecule has 2 atom stereocenters. The van der Waals surface area contributed by atoms with Gasteiger partial charge in [0, 0.05) is 65.4 Å². The first kappa shape index (κ1) is 32.2. The normalized spacial score (nSPS) is 20.1. The van der Waals surface area contributed by atoms with Crippen molar-refractivity contribution in [3.63, 3.8) is 0 Å². The van der Waals surface area contributed by atoms with Gasteiger partial charge in [-0.2, -0.15) is 8.78 Å². The summed E-state index contributed by atoms with van der Waals surface area (Å²) in [6.07, 6.45) is -0.0697. The van der Waals surface area contributed by atoms with E-state index in [1.54, 1.807) is 6.07 Å². The monoisotopic (exact) mass is 646 g/mol. The third kappa shape index (κ3) is 6.75. The van der Waals surface area contributed by atoms with E-state index in [1.807, 2.05) is 0 Å². The molecule has 45 heavy (non-hydrogen) atoms. The number of hydrogen-bond donors (Lipinski definition) is 1. The number of hydrogen-bond acceptors (Lipinski definition) is 4. The SMILES string of the molecule is CC(=O)c1cn(CC(=O)N2CC(=C(F)F)C[C@H]2C(=O)NCc2cccc(Cl)c2F)c2ccc(C(=O)N3CCCC(C)(F)C3)cc12. The Morgan fingerprint density at radius 3 is 2.58 bits per heavy atom. The summed E-state index contributed by atoms with van der Waals surface area (Å²) in [5.41, 5.74) is -0.857. The van der Waals surface area contributed by atoms with E-state index >= 15 is 0 Å². The lowest BCUT2D eigenvalue weighted by atomic mass is 9.96. The summed E-state index contributed by atoms with van der Waals surface area (Å²) in [5, 5.41) is 2.76. The maximum absolute atomic E-state index is 14.6. The molecule has 0 radical (unpaired) electrons. The van der Waals surface area contributed by atoms with Crippen LogP contribution in [-0.4, -0.2) is 69.2 Å². The molecule has 3 heterocycles. The second-order valence-electron chi connectivity index (χ2n) is 11.7. The number of carbonyl (C=O) groups is 4. The van der Waals surface area contributed by atoms with Gasteiger partial charge in [0.1, 0.15) is 24.1 Å². The summed E-state index contributed by atoms with van der Waals surface area (Å²) in [6.45, 7) is 2.00. The average molecular weight is 647 g/mol. The lowest BCUT2D eigenvalue weighted by molar-refractivity contribution is -0.138. The molecule has 1 aromatic heterocycles. The number of likely N-dealkylation sites (tertiary alicyclic amines) is 2. The highest BCUT2D eigenvalue weighted by molar-refractivity contribution is 6.30. The molecular formula is C32H31ClF4N4O4. The average Bonchev–Trinajstić information content (AvgIpc) is 3.59.